The van der Waals surface area contributed by atoms with E-state index in [-0.39, 0.29) is 0 Å². The Morgan fingerprint density at radius 1 is 1.64 bits per heavy atom. The average molecular weight is 224 g/mol. The molecule has 0 N–H and O–H groups in total. The van der Waals surface area contributed by atoms with E-state index in [1.807, 2.05) is 25.1 Å². The van der Waals surface area contributed by atoms with Crippen LogP contribution in [0.25, 0.3) is 0 Å². The monoisotopic (exact) mass is 224 g/mol. The highest BCUT2D eigenvalue weighted by Gasteiger charge is 1.95. The Bertz CT molecular complexity index is 309. The maximum atomic E-state index is 4.21. The number of hydrogen-bond donors (Lipinski definition) is 0. The van der Waals surface area contributed by atoms with Crippen molar-refractivity contribution >= 4 is 28.6 Å². The van der Waals surface area contributed by atoms with Gasteiger partial charge in [-0.1, -0.05) is 36.2 Å². The van der Waals surface area contributed by atoms with Crippen molar-refractivity contribution in [2.45, 2.75) is 11.9 Å². The van der Waals surface area contributed by atoms with Gasteiger partial charge in [0.2, 0.25) is 0 Å². The van der Waals surface area contributed by atoms with Gasteiger partial charge in [-0.25, -0.2) is 4.98 Å². The lowest BCUT2D eigenvalue weighted by Gasteiger charge is -1.99. The third-order valence-corrected chi connectivity index (χ3v) is 3.39. The third kappa shape index (κ3) is 4.48. The fourth-order valence-electron chi connectivity index (χ4n) is 0.773. The maximum Gasteiger partial charge on any atom is 0.0967 e. The van der Waals surface area contributed by atoms with Gasteiger partial charge in [-0.05, 0) is 19.1 Å². The predicted octanol–water partition coefficient (Wildman–Crippen LogP) is 3.43. The van der Waals surface area contributed by atoms with E-state index in [0.29, 0.717) is 0 Å². The molecule has 0 atom stereocenters. The molecule has 1 heterocycles. The molecule has 0 unspecified atom stereocenters. The number of rotatable bonds is 4. The van der Waals surface area contributed by atoms with Gasteiger partial charge in [0.25, 0.3) is 0 Å². The van der Waals surface area contributed by atoms with Crippen molar-refractivity contribution in [2.24, 2.45) is 4.99 Å². The number of hydrogen-bond acceptors (Lipinski definition) is 4. The van der Waals surface area contributed by atoms with Crippen LogP contribution in [0.4, 0.5) is 0 Å². The Morgan fingerprint density at radius 3 is 3.14 bits per heavy atom. The van der Waals surface area contributed by atoms with Crippen molar-refractivity contribution in [3.63, 3.8) is 0 Å². The van der Waals surface area contributed by atoms with Gasteiger partial charge in [-0.2, -0.15) is 0 Å². The van der Waals surface area contributed by atoms with Crippen molar-refractivity contribution in [3.05, 3.63) is 37.2 Å². The largest absolute Gasteiger partial charge is 0.255 e. The summed E-state index contributed by atoms with van der Waals surface area (Å²) < 4.78 is 0. The molecule has 1 aromatic rings. The molecule has 1 aromatic heterocycles. The first-order valence-corrected chi connectivity index (χ1v) is 6.12. The molecule has 0 fully saturated rings. The Balaban J connectivity index is 2.29. The summed E-state index contributed by atoms with van der Waals surface area (Å²) in [7, 11) is 0. The first-order chi connectivity index (χ1) is 6.83. The molecular formula is C10H12N2S2. The fraction of sp³-hybridized carbons (Fsp3) is 0.200. The number of aliphatic imine (C=N–C) groups is 1. The number of nitrogens with zero attached hydrogens (tertiary/aromatic N) is 2. The minimum absolute atomic E-state index is 0.931. The van der Waals surface area contributed by atoms with E-state index in [0.717, 1.165) is 15.2 Å². The lowest BCUT2D eigenvalue weighted by Crippen LogP contribution is -1.84. The van der Waals surface area contributed by atoms with E-state index < -0.39 is 0 Å². The van der Waals surface area contributed by atoms with Gasteiger partial charge in [0.1, 0.15) is 0 Å². The molecule has 14 heavy (non-hydrogen) atoms. The van der Waals surface area contributed by atoms with Crippen LogP contribution in [0.15, 0.2) is 47.2 Å². The van der Waals surface area contributed by atoms with Crippen LogP contribution in [0.2, 0.25) is 0 Å². The van der Waals surface area contributed by atoms with Crippen LogP contribution >= 0.6 is 23.5 Å². The SMILES string of the molecule is C=CN=C(C)SCSc1ccccn1. The Morgan fingerprint density at radius 2 is 2.50 bits per heavy atom. The summed E-state index contributed by atoms with van der Waals surface area (Å²) in [5, 5.41) is 3.01. The fourth-order valence-corrected chi connectivity index (χ4v) is 2.63. The summed E-state index contributed by atoms with van der Waals surface area (Å²) in [5.74, 6) is 0. The zero-order valence-corrected chi connectivity index (χ0v) is 9.64. The van der Waals surface area contributed by atoms with Crippen LogP contribution in [0.1, 0.15) is 6.92 Å². The lowest BCUT2D eigenvalue weighted by atomic mass is 10.5. The normalized spacial score (nSPS) is 11.4. The molecule has 0 aliphatic carbocycles. The minimum atomic E-state index is 0.931. The molecule has 0 aromatic carbocycles. The Kier molecular flexibility index (Phi) is 5.40. The van der Waals surface area contributed by atoms with Crippen molar-refractivity contribution in [1.29, 1.82) is 0 Å². The van der Waals surface area contributed by atoms with Crippen molar-refractivity contribution in [3.8, 4) is 0 Å². The lowest BCUT2D eigenvalue weighted by molar-refractivity contribution is 1.14. The van der Waals surface area contributed by atoms with Gasteiger partial charge in [0.05, 0.1) is 15.2 Å². The molecule has 0 spiro atoms. The van der Waals surface area contributed by atoms with Gasteiger partial charge in [0.15, 0.2) is 0 Å². The molecule has 1 rings (SSSR count). The van der Waals surface area contributed by atoms with Crippen LogP contribution in [0.3, 0.4) is 0 Å². The van der Waals surface area contributed by atoms with Gasteiger partial charge in [-0.3, -0.25) is 4.99 Å². The van der Waals surface area contributed by atoms with Crippen molar-refractivity contribution in [1.82, 2.24) is 4.98 Å². The molecular weight excluding hydrogens is 212 g/mol. The second kappa shape index (κ2) is 6.68. The van der Waals surface area contributed by atoms with Gasteiger partial charge < -0.3 is 0 Å². The first-order valence-electron chi connectivity index (χ1n) is 4.15. The second-order valence-electron chi connectivity index (χ2n) is 2.41. The topological polar surface area (TPSA) is 25.2 Å². The molecule has 4 heteroatoms. The van der Waals surface area contributed by atoms with Gasteiger partial charge >= 0.3 is 0 Å². The van der Waals surface area contributed by atoms with Crippen LogP contribution < -0.4 is 0 Å². The van der Waals surface area contributed by atoms with Crippen molar-refractivity contribution in [2.75, 3.05) is 5.08 Å². The first kappa shape index (κ1) is 11.3. The van der Waals surface area contributed by atoms with E-state index in [2.05, 4.69) is 16.6 Å². The molecule has 0 aliphatic heterocycles. The van der Waals surface area contributed by atoms with Gasteiger partial charge in [-0.15, -0.1) is 0 Å². The summed E-state index contributed by atoms with van der Waals surface area (Å²) in [5.41, 5.74) is 0. The van der Waals surface area contributed by atoms with E-state index >= 15 is 0 Å². The predicted molar refractivity (Wildman–Crippen MR) is 65.9 cm³/mol. The zero-order valence-electron chi connectivity index (χ0n) is 8.01. The molecule has 74 valence electrons. The van der Waals surface area contributed by atoms with Crippen LogP contribution in [0, 0.1) is 0 Å². The second-order valence-corrected chi connectivity index (χ2v) is 4.93. The Labute approximate surface area is 92.9 Å². The summed E-state index contributed by atoms with van der Waals surface area (Å²) in [4.78, 5) is 8.28. The minimum Gasteiger partial charge on any atom is -0.255 e. The quantitative estimate of drug-likeness (QED) is 0.339. The molecule has 2 nitrogen and oxygen atoms in total. The number of pyridine rings is 1. The third-order valence-electron chi connectivity index (χ3n) is 1.39. The van der Waals surface area contributed by atoms with Crippen LogP contribution in [-0.2, 0) is 0 Å². The highest BCUT2D eigenvalue weighted by molar-refractivity contribution is 8.24. The zero-order chi connectivity index (χ0) is 10.2. The molecule has 0 bridgehead atoms. The highest BCUT2D eigenvalue weighted by atomic mass is 32.2. The van der Waals surface area contributed by atoms with Crippen molar-refractivity contribution < 1.29 is 0 Å². The van der Waals surface area contributed by atoms with Gasteiger partial charge in [0, 0.05) is 12.4 Å². The summed E-state index contributed by atoms with van der Waals surface area (Å²) in [6.07, 6.45) is 3.37. The van der Waals surface area contributed by atoms with E-state index in [1.165, 1.54) is 0 Å². The average Bonchev–Trinajstić information content (AvgIpc) is 2.20. The summed E-state index contributed by atoms with van der Waals surface area (Å²) in [6.45, 7) is 5.52. The van der Waals surface area contributed by atoms with Crippen LogP contribution in [-0.4, -0.2) is 15.1 Å². The number of aromatic nitrogens is 1. The van der Waals surface area contributed by atoms with E-state index in [4.69, 9.17) is 0 Å². The molecule has 0 saturated heterocycles. The smallest absolute Gasteiger partial charge is 0.0967 e. The molecule has 0 radical (unpaired) electrons. The standard InChI is InChI=1S/C10H12N2S2/c1-3-11-9(2)13-8-14-10-6-4-5-7-12-10/h3-7H,1,8H2,2H3. The summed E-state index contributed by atoms with van der Waals surface area (Å²) >= 11 is 3.41. The highest BCUT2D eigenvalue weighted by Crippen LogP contribution is 2.20. The molecule has 0 aliphatic rings. The Hall–Kier alpha value is -0.740. The summed E-state index contributed by atoms with van der Waals surface area (Å²) in [6, 6.07) is 5.91. The molecule has 0 amide bonds. The van der Waals surface area contributed by atoms with E-state index in [9.17, 15) is 0 Å². The van der Waals surface area contributed by atoms with E-state index in [1.54, 1.807) is 35.9 Å². The number of thioether (sulfide) groups is 2. The molecule has 0 saturated carbocycles. The van der Waals surface area contributed by atoms with Crippen LogP contribution in [0.5, 0.6) is 0 Å². The maximum absolute atomic E-state index is 4.21.